The maximum absolute atomic E-state index is 13.0. The third kappa shape index (κ3) is 8.31. The van der Waals surface area contributed by atoms with Gasteiger partial charge >= 0.3 is 6.03 Å². The average molecular weight is 584 g/mol. The molecule has 2 saturated heterocycles. The molecule has 41 heavy (non-hydrogen) atoms. The third-order valence-corrected chi connectivity index (χ3v) is 8.41. The Balaban J connectivity index is 1.22. The number of nitrogens with one attached hydrogen (secondary N) is 5. The Morgan fingerprint density at radius 3 is 2.51 bits per heavy atom. The van der Waals surface area contributed by atoms with Gasteiger partial charge in [-0.05, 0) is 69.3 Å². The Labute approximate surface area is 243 Å². The van der Waals surface area contributed by atoms with Crippen molar-refractivity contribution in [3.8, 4) is 0 Å². The summed E-state index contributed by atoms with van der Waals surface area (Å²) in [7, 11) is 0. The van der Waals surface area contributed by atoms with Crippen LogP contribution in [0.15, 0.2) is 48.8 Å². The summed E-state index contributed by atoms with van der Waals surface area (Å²) in [6.07, 6.45) is 5.35. The maximum atomic E-state index is 13.0. The number of aromatic nitrogens is 1. The lowest BCUT2D eigenvalue weighted by molar-refractivity contribution is -0.131. The number of hydrazine groups is 1. The quantitative estimate of drug-likeness (QED) is 0.209. The van der Waals surface area contributed by atoms with Gasteiger partial charge in [-0.2, -0.15) is 0 Å². The summed E-state index contributed by atoms with van der Waals surface area (Å²) in [5, 5.41) is 7.90. The van der Waals surface area contributed by atoms with E-state index in [1.54, 1.807) is 29.2 Å². The van der Waals surface area contributed by atoms with E-state index in [1.165, 1.54) is 37.0 Å². The minimum Gasteiger partial charge on any atom is -0.383 e. The van der Waals surface area contributed by atoms with Gasteiger partial charge in [-0.3, -0.25) is 30.2 Å². The molecule has 0 saturated carbocycles. The van der Waals surface area contributed by atoms with Crippen molar-refractivity contribution in [3.05, 3.63) is 54.4 Å². The molecule has 2 aliphatic rings. The Kier molecular flexibility index (Phi) is 10.8. The van der Waals surface area contributed by atoms with Crippen molar-refractivity contribution in [3.63, 3.8) is 0 Å². The number of thioether (sulfide) groups is 1. The van der Waals surface area contributed by atoms with E-state index in [9.17, 15) is 19.2 Å². The minimum absolute atomic E-state index is 0.124. The molecule has 2 aromatic rings. The first-order valence-corrected chi connectivity index (χ1v) is 14.6. The van der Waals surface area contributed by atoms with Gasteiger partial charge in [0.05, 0.1) is 5.56 Å². The number of amides is 5. The number of nitrogens with zero attached hydrogens (tertiary/aromatic N) is 3. The molecule has 14 heteroatoms. The van der Waals surface area contributed by atoms with Gasteiger partial charge < -0.3 is 31.5 Å². The lowest BCUT2D eigenvalue weighted by Crippen LogP contribution is -2.56. The van der Waals surface area contributed by atoms with Crippen LogP contribution in [0.2, 0.25) is 0 Å². The summed E-state index contributed by atoms with van der Waals surface area (Å²) in [4.78, 5) is 57.9. The number of anilines is 2. The molecule has 0 aliphatic carbocycles. The molecular formula is C27H37N9O4S. The molecule has 3 atom stereocenters. The second-order valence-electron chi connectivity index (χ2n) is 9.74. The lowest BCUT2D eigenvalue weighted by atomic mass is 10.2. The van der Waals surface area contributed by atoms with Gasteiger partial charge in [0.1, 0.15) is 16.7 Å². The maximum Gasteiger partial charge on any atom is 0.319 e. The van der Waals surface area contributed by atoms with Crippen LogP contribution in [-0.2, 0) is 9.59 Å². The monoisotopic (exact) mass is 583 g/mol. The first-order chi connectivity index (χ1) is 19.9. The van der Waals surface area contributed by atoms with Crippen LogP contribution >= 0.6 is 11.8 Å². The van der Waals surface area contributed by atoms with Crippen molar-refractivity contribution >= 4 is 46.9 Å². The summed E-state index contributed by atoms with van der Waals surface area (Å²) in [5.74, 6) is -1.26. The molecule has 3 heterocycles. The molecule has 13 nitrogen and oxygen atoms in total. The van der Waals surface area contributed by atoms with Gasteiger partial charge in [-0.15, -0.1) is 11.8 Å². The highest BCUT2D eigenvalue weighted by molar-refractivity contribution is 8.01. The fourth-order valence-electron chi connectivity index (χ4n) is 4.65. The minimum atomic E-state index is -1.06. The fraction of sp³-hybridized carbons (Fsp3) is 0.444. The van der Waals surface area contributed by atoms with E-state index in [0.717, 1.165) is 25.3 Å². The molecule has 2 aliphatic heterocycles. The number of hydrogen-bond donors (Lipinski definition) is 6. The smallest absolute Gasteiger partial charge is 0.319 e. The number of hydrogen-bond acceptors (Lipinski definition) is 9. The van der Waals surface area contributed by atoms with Gasteiger partial charge in [0, 0.05) is 49.9 Å². The number of urea groups is 1. The zero-order valence-corrected chi connectivity index (χ0v) is 23.8. The summed E-state index contributed by atoms with van der Waals surface area (Å²) < 4.78 is 0. The highest BCUT2D eigenvalue weighted by atomic mass is 32.2. The van der Waals surface area contributed by atoms with Crippen molar-refractivity contribution in [2.24, 2.45) is 5.73 Å². The van der Waals surface area contributed by atoms with Crippen LogP contribution in [0.5, 0.6) is 0 Å². The van der Waals surface area contributed by atoms with E-state index in [0.29, 0.717) is 25.3 Å². The molecule has 5 amide bonds. The second-order valence-corrected chi connectivity index (χ2v) is 11.1. The van der Waals surface area contributed by atoms with Gasteiger partial charge in [0.15, 0.2) is 0 Å². The molecule has 0 bridgehead atoms. The molecule has 220 valence electrons. The number of carbonyl (C=O) groups is 4. The van der Waals surface area contributed by atoms with Crippen LogP contribution < -0.4 is 32.5 Å². The summed E-state index contributed by atoms with van der Waals surface area (Å²) >= 11 is 1.30. The predicted octanol–water partition coefficient (Wildman–Crippen LogP) is 0.789. The molecule has 1 aromatic heterocycles. The summed E-state index contributed by atoms with van der Waals surface area (Å²) in [6.45, 7) is 6.17. The average Bonchev–Trinajstić information content (AvgIpc) is 3.62. The third-order valence-electron chi connectivity index (χ3n) is 6.89. The zero-order valence-electron chi connectivity index (χ0n) is 23.0. The van der Waals surface area contributed by atoms with E-state index >= 15 is 0 Å². The zero-order chi connectivity index (χ0) is 29.2. The standard InChI is InChI=1S/C27H37N9O4S/c1-2-36-25(39)21(41-26(36)22(28)24(38)34-33-23(37)18-6-5-11-29-16-18)17-31-19-7-9-20(10-8-19)32-27(40)30-12-15-35-13-3-4-14-35/h5-11,16,21-22,26,31H,2-4,12-15,17,28H2,1H3,(H,33,37)(H,34,38)(H2,30,32,40)/t21-,22-,26?/m1/s1. The number of pyridine rings is 1. The number of carbonyl (C=O) groups excluding carboxylic acids is 4. The first kappa shape index (κ1) is 30.1. The van der Waals surface area contributed by atoms with Gasteiger partial charge in [-0.25, -0.2) is 4.79 Å². The van der Waals surface area contributed by atoms with Gasteiger partial charge in [0.25, 0.3) is 11.8 Å². The van der Waals surface area contributed by atoms with Crippen molar-refractivity contribution < 1.29 is 19.2 Å². The lowest BCUT2D eigenvalue weighted by Gasteiger charge is -2.26. The molecular weight excluding hydrogens is 546 g/mol. The van der Waals surface area contributed by atoms with E-state index in [1.807, 2.05) is 19.1 Å². The highest BCUT2D eigenvalue weighted by Crippen LogP contribution is 2.33. The van der Waals surface area contributed by atoms with Crippen LogP contribution in [0.3, 0.4) is 0 Å². The van der Waals surface area contributed by atoms with Crippen molar-refractivity contribution in [2.45, 2.75) is 36.4 Å². The number of likely N-dealkylation sites (tertiary alicyclic amines) is 1. The highest BCUT2D eigenvalue weighted by Gasteiger charge is 2.44. The Bertz CT molecular complexity index is 1200. The largest absolute Gasteiger partial charge is 0.383 e. The van der Waals surface area contributed by atoms with E-state index in [-0.39, 0.29) is 17.5 Å². The summed E-state index contributed by atoms with van der Waals surface area (Å²) in [5.41, 5.74) is 12.6. The molecule has 0 radical (unpaired) electrons. The number of likely N-dealkylation sites (N-methyl/N-ethyl adjacent to an activating group) is 1. The fourth-order valence-corrected chi connectivity index (χ4v) is 6.11. The Morgan fingerprint density at radius 1 is 1.10 bits per heavy atom. The van der Waals surface area contributed by atoms with E-state index in [2.05, 4.69) is 36.7 Å². The Morgan fingerprint density at radius 2 is 1.83 bits per heavy atom. The van der Waals surface area contributed by atoms with Crippen molar-refractivity contribution in [1.29, 1.82) is 0 Å². The molecule has 2 fully saturated rings. The topological polar surface area (TPSA) is 174 Å². The predicted molar refractivity (Wildman–Crippen MR) is 158 cm³/mol. The summed E-state index contributed by atoms with van der Waals surface area (Å²) in [6, 6.07) is 9.08. The van der Waals surface area contributed by atoms with Crippen molar-refractivity contribution in [2.75, 3.05) is 49.9 Å². The van der Waals surface area contributed by atoms with Crippen molar-refractivity contribution in [1.82, 2.24) is 31.0 Å². The van der Waals surface area contributed by atoms with E-state index in [4.69, 9.17) is 5.73 Å². The Hall–Kier alpha value is -3.88. The molecule has 4 rings (SSSR count). The molecule has 0 spiro atoms. The molecule has 7 N–H and O–H groups in total. The number of benzene rings is 1. The molecule has 1 aromatic carbocycles. The normalized spacial score (nSPS) is 19.5. The van der Waals surface area contributed by atoms with E-state index < -0.39 is 28.5 Å². The van der Waals surface area contributed by atoms with Crippen LogP contribution in [0.4, 0.5) is 16.2 Å². The van der Waals surface area contributed by atoms with Gasteiger partial charge in [0.2, 0.25) is 5.91 Å². The first-order valence-electron chi connectivity index (χ1n) is 13.7. The SMILES string of the molecule is CCN1C(=O)[C@@H](CNc2ccc(NC(=O)NCCN3CCCC3)cc2)SC1[C@H](N)C(=O)NNC(=O)c1cccnc1. The van der Waals surface area contributed by atoms with Crippen LogP contribution in [0, 0.1) is 0 Å². The second kappa shape index (κ2) is 14.7. The van der Waals surface area contributed by atoms with Crippen LogP contribution in [0.1, 0.15) is 30.1 Å². The molecule has 1 unspecified atom stereocenters. The van der Waals surface area contributed by atoms with Gasteiger partial charge in [-0.1, -0.05) is 0 Å². The van der Waals surface area contributed by atoms with Crippen LogP contribution in [-0.4, -0.2) is 94.5 Å². The number of nitrogens with two attached hydrogens (primary N) is 1. The van der Waals surface area contributed by atoms with Crippen LogP contribution in [0.25, 0.3) is 0 Å². The number of rotatable bonds is 11.